The minimum atomic E-state index is -0.427. The summed E-state index contributed by atoms with van der Waals surface area (Å²) in [7, 11) is 0. The van der Waals surface area contributed by atoms with Crippen molar-refractivity contribution < 1.29 is 4.92 Å². The maximum atomic E-state index is 10.6. The summed E-state index contributed by atoms with van der Waals surface area (Å²) in [5.74, 6) is 0. The third-order valence-corrected chi connectivity index (χ3v) is 3.06. The lowest BCUT2D eigenvalue weighted by molar-refractivity contribution is -0.384. The van der Waals surface area contributed by atoms with Gasteiger partial charge in [-0.25, -0.2) is 0 Å². The fourth-order valence-corrected chi connectivity index (χ4v) is 1.94. The normalized spacial score (nSPS) is 10.3. The van der Waals surface area contributed by atoms with E-state index >= 15 is 0 Å². The fourth-order valence-electron chi connectivity index (χ4n) is 1.48. The minimum Gasteiger partial charge on any atom is -0.352 e. The molecule has 7 heteroatoms. The molecular weight excluding hydrogens is 300 g/mol. The number of nitrogens with zero attached hydrogens (tertiary/aromatic N) is 3. The Morgan fingerprint density at radius 1 is 1.56 bits per heavy atom. The van der Waals surface area contributed by atoms with E-state index in [0.29, 0.717) is 4.47 Å². The molecule has 1 N–H and O–H groups in total. The predicted molar refractivity (Wildman–Crippen MR) is 72.0 cm³/mol. The van der Waals surface area contributed by atoms with Gasteiger partial charge in [-0.2, -0.15) is 5.10 Å². The molecule has 0 aliphatic carbocycles. The van der Waals surface area contributed by atoms with Crippen LogP contribution in [-0.4, -0.2) is 14.7 Å². The van der Waals surface area contributed by atoms with Gasteiger partial charge in [-0.1, -0.05) is 0 Å². The monoisotopic (exact) mass is 310 g/mol. The van der Waals surface area contributed by atoms with Crippen LogP contribution in [0.25, 0.3) is 0 Å². The van der Waals surface area contributed by atoms with Gasteiger partial charge in [0.15, 0.2) is 0 Å². The van der Waals surface area contributed by atoms with Crippen molar-refractivity contribution in [2.24, 2.45) is 0 Å². The Kier molecular flexibility index (Phi) is 3.61. The number of nitrogens with one attached hydrogen (secondary N) is 1. The standard InChI is InChI=1S/C11H11BrN4O2/c1-2-15-7-8(6-13-15)14-11-4-3-9(16(17)18)5-10(11)12/h3-7,14H,2H2,1H3. The number of hydrogen-bond acceptors (Lipinski definition) is 4. The molecule has 0 saturated carbocycles. The molecular formula is C11H11BrN4O2. The molecule has 0 saturated heterocycles. The molecule has 0 aliphatic rings. The van der Waals surface area contributed by atoms with E-state index in [1.807, 2.05) is 13.1 Å². The number of rotatable bonds is 4. The summed E-state index contributed by atoms with van der Waals surface area (Å²) in [6.45, 7) is 2.79. The molecule has 1 aromatic heterocycles. The molecule has 2 rings (SSSR count). The Hall–Kier alpha value is -1.89. The molecule has 1 heterocycles. The summed E-state index contributed by atoms with van der Waals surface area (Å²) >= 11 is 3.30. The molecule has 18 heavy (non-hydrogen) atoms. The second-order valence-corrected chi connectivity index (χ2v) is 4.49. The van der Waals surface area contributed by atoms with Gasteiger partial charge in [0.2, 0.25) is 0 Å². The summed E-state index contributed by atoms with van der Waals surface area (Å²) in [6.07, 6.45) is 3.57. The Morgan fingerprint density at radius 2 is 2.33 bits per heavy atom. The molecule has 1 aromatic carbocycles. The number of nitro groups is 1. The number of non-ortho nitro benzene ring substituents is 1. The first-order chi connectivity index (χ1) is 8.60. The van der Waals surface area contributed by atoms with Crippen molar-refractivity contribution in [3.63, 3.8) is 0 Å². The Morgan fingerprint density at radius 3 is 2.89 bits per heavy atom. The average molecular weight is 311 g/mol. The highest BCUT2D eigenvalue weighted by molar-refractivity contribution is 9.10. The molecule has 0 fully saturated rings. The molecule has 0 radical (unpaired) electrons. The fraction of sp³-hybridized carbons (Fsp3) is 0.182. The summed E-state index contributed by atoms with van der Waals surface area (Å²) < 4.78 is 2.43. The van der Waals surface area contributed by atoms with E-state index in [4.69, 9.17) is 0 Å². The highest BCUT2D eigenvalue weighted by atomic mass is 79.9. The Balaban J connectivity index is 2.21. The van der Waals surface area contributed by atoms with E-state index in [1.54, 1.807) is 16.9 Å². The van der Waals surface area contributed by atoms with Crippen molar-refractivity contribution >= 4 is 33.0 Å². The SMILES string of the molecule is CCn1cc(Nc2ccc([N+](=O)[O-])cc2Br)cn1. The number of benzene rings is 1. The van der Waals surface area contributed by atoms with Crippen molar-refractivity contribution in [3.8, 4) is 0 Å². The second kappa shape index (κ2) is 5.18. The quantitative estimate of drug-likeness (QED) is 0.694. The van der Waals surface area contributed by atoms with E-state index in [-0.39, 0.29) is 5.69 Å². The van der Waals surface area contributed by atoms with Crippen molar-refractivity contribution in [1.29, 1.82) is 0 Å². The van der Waals surface area contributed by atoms with Crippen molar-refractivity contribution in [2.45, 2.75) is 13.5 Å². The van der Waals surface area contributed by atoms with E-state index < -0.39 is 4.92 Å². The zero-order chi connectivity index (χ0) is 13.1. The Labute approximate surface area is 112 Å². The molecule has 0 aliphatic heterocycles. The number of aromatic nitrogens is 2. The van der Waals surface area contributed by atoms with Gasteiger partial charge in [-0.05, 0) is 28.9 Å². The predicted octanol–water partition coefficient (Wildman–Crippen LogP) is 3.32. The second-order valence-electron chi connectivity index (χ2n) is 3.63. The zero-order valence-corrected chi connectivity index (χ0v) is 11.2. The topological polar surface area (TPSA) is 73.0 Å². The highest BCUT2D eigenvalue weighted by Crippen LogP contribution is 2.29. The smallest absolute Gasteiger partial charge is 0.270 e. The first-order valence-corrected chi connectivity index (χ1v) is 6.13. The van der Waals surface area contributed by atoms with Gasteiger partial charge in [-0.15, -0.1) is 0 Å². The van der Waals surface area contributed by atoms with E-state index in [2.05, 4.69) is 26.3 Å². The molecule has 0 unspecified atom stereocenters. The highest BCUT2D eigenvalue weighted by Gasteiger charge is 2.09. The van der Waals surface area contributed by atoms with Crippen LogP contribution in [0.5, 0.6) is 0 Å². The Bertz CT molecular complexity index is 582. The molecule has 0 bridgehead atoms. The van der Waals surface area contributed by atoms with Gasteiger partial charge >= 0.3 is 0 Å². The van der Waals surface area contributed by atoms with Gasteiger partial charge in [0, 0.05) is 29.3 Å². The number of halogens is 1. The molecule has 6 nitrogen and oxygen atoms in total. The maximum Gasteiger partial charge on any atom is 0.270 e. The van der Waals surface area contributed by atoms with Crippen LogP contribution in [0.3, 0.4) is 0 Å². The first-order valence-electron chi connectivity index (χ1n) is 5.33. The number of anilines is 2. The van der Waals surface area contributed by atoms with Crippen LogP contribution in [0.2, 0.25) is 0 Å². The van der Waals surface area contributed by atoms with Gasteiger partial charge in [0.05, 0.1) is 22.5 Å². The largest absolute Gasteiger partial charge is 0.352 e. The molecule has 0 spiro atoms. The molecule has 0 amide bonds. The van der Waals surface area contributed by atoms with E-state index in [9.17, 15) is 10.1 Å². The van der Waals surface area contributed by atoms with Crippen LogP contribution in [0, 0.1) is 10.1 Å². The maximum absolute atomic E-state index is 10.6. The van der Waals surface area contributed by atoms with Crippen LogP contribution >= 0.6 is 15.9 Å². The van der Waals surface area contributed by atoms with Gasteiger partial charge in [0.1, 0.15) is 0 Å². The lowest BCUT2D eigenvalue weighted by Crippen LogP contribution is -1.94. The summed E-state index contributed by atoms with van der Waals surface area (Å²) in [4.78, 5) is 10.2. The van der Waals surface area contributed by atoms with Crippen molar-refractivity contribution in [1.82, 2.24) is 9.78 Å². The summed E-state index contributed by atoms with van der Waals surface area (Å²) in [5, 5.41) is 17.9. The summed E-state index contributed by atoms with van der Waals surface area (Å²) in [6, 6.07) is 4.58. The third kappa shape index (κ3) is 2.67. The van der Waals surface area contributed by atoms with Crippen LogP contribution in [0.15, 0.2) is 35.1 Å². The lowest BCUT2D eigenvalue weighted by atomic mass is 10.3. The lowest BCUT2D eigenvalue weighted by Gasteiger charge is -2.05. The number of nitro benzene ring substituents is 1. The number of hydrogen-bond donors (Lipinski definition) is 1. The van der Waals surface area contributed by atoms with Crippen LogP contribution in [0.4, 0.5) is 17.1 Å². The van der Waals surface area contributed by atoms with E-state index in [1.165, 1.54) is 12.1 Å². The van der Waals surface area contributed by atoms with Gasteiger partial charge in [0.25, 0.3) is 5.69 Å². The van der Waals surface area contributed by atoms with Gasteiger partial charge in [-0.3, -0.25) is 14.8 Å². The van der Waals surface area contributed by atoms with Crippen molar-refractivity contribution in [3.05, 3.63) is 45.2 Å². The van der Waals surface area contributed by atoms with E-state index in [0.717, 1.165) is 17.9 Å². The third-order valence-electron chi connectivity index (χ3n) is 2.40. The van der Waals surface area contributed by atoms with Crippen LogP contribution in [0.1, 0.15) is 6.92 Å². The minimum absolute atomic E-state index is 0.0525. The van der Waals surface area contributed by atoms with Crippen LogP contribution < -0.4 is 5.32 Å². The molecule has 94 valence electrons. The van der Waals surface area contributed by atoms with Gasteiger partial charge < -0.3 is 5.32 Å². The molecule has 0 atom stereocenters. The number of aryl methyl sites for hydroxylation is 1. The zero-order valence-electron chi connectivity index (χ0n) is 9.63. The molecule has 2 aromatic rings. The van der Waals surface area contributed by atoms with Crippen LogP contribution in [-0.2, 0) is 6.54 Å². The average Bonchev–Trinajstić information content (AvgIpc) is 2.79. The first kappa shape index (κ1) is 12.6. The van der Waals surface area contributed by atoms with Crippen molar-refractivity contribution in [2.75, 3.05) is 5.32 Å². The summed E-state index contributed by atoms with van der Waals surface area (Å²) in [5.41, 5.74) is 1.65.